The van der Waals surface area contributed by atoms with Crippen LogP contribution < -0.4 is 10.1 Å². The zero-order chi connectivity index (χ0) is 20.5. The molecular weight excluding hydrogens is 379 g/mol. The molecule has 1 atom stereocenters. The molecule has 0 saturated carbocycles. The third-order valence-corrected chi connectivity index (χ3v) is 5.22. The Labute approximate surface area is 169 Å². The van der Waals surface area contributed by atoms with Crippen LogP contribution in [0, 0.1) is 12.7 Å². The molecule has 0 fully saturated rings. The molecule has 0 aliphatic carbocycles. The van der Waals surface area contributed by atoms with Gasteiger partial charge in [-0.25, -0.2) is 4.39 Å². The number of nitrogens with zero attached hydrogens (tertiary/aromatic N) is 1. The minimum atomic E-state index is -0.360. The van der Waals surface area contributed by atoms with Crippen molar-refractivity contribution >= 4 is 29.3 Å². The molecule has 2 aromatic carbocycles. The molecule has 5 nitrogen and oxygen atoms in total. The normalized spacial score (nSPS) is 11.6. The average Bonchev–Trinajstić information content (AvgIpc) is 2.68. The minimum absolute atomic E-state index is 0.0621. The van der Waals surface area contributed by atoms with Crippen molar-refractivity contribution in [1.82, 2.24) is 4.90 Å². The zero-order valence-electron chi connectivity index (χ0n) is 16.3. The van der Waals surface area contributed by atoms with Gasteiger partial charge in [-0.05, 0) is 49.7 Å². The van der Waals surface area contributed by atoms with E-state index in [0.717, 1.165) is 11.3 Å². The van der Waals surface area contributed by atoms with Crippen LogP contribution in [0.5, 0.6) is 5.75 Å². The van der Waals surface area contributed by atoms with E-state index >= 15 is 0 Å². The van der Waals surface area contributed by atoms with E-state index in [1.165, 1.54) is 36.0 Å². The summed E-state index contributed by atoms with van der Waals surface area (Å²) in [6.07, 6.45) is 0. The second kappa shape index (κ2) is 10.7. The Balaban J connectivity index is 1.71. The van der Waals surface area contributed by atoms with E-state index in [1.54, 1.807) is 18.9 Å². The number of halogens is 1. The Morgan fingerprint density at radius 1 is 1.18 bits per heavy atom. The summed E-state index contributed by atoms with van der Waals surface area (Å²) in [5.41, 5.74) is 1.57. The summed E-state index contributed by atoms with van der Waals surface area (Å²) >= 11 is 1.26. The summed E-state index contributed by atoms with van der Waals surface area (Å²) in [6.45, 7) is 4.60. The number of likely N-dealkylation sites (N-methyl/N-ethyl adjacent to an activating group) is 1. The number of ether oxygens (including phenoxy) is 1. The monoisotopic (exact) mass is 404 g/mol. The lowest BCUT2D eigenvalue weighted by atomic mass is 10.2. The maximum atomic E-state index is 12.9. The SMILES string of the molecule is Cc1ccccc1OCCN(C)C(=O)C(C)SCC(=O)Nc1ccc(F)cc1. The fraction of sp³-hybridized carbons (Fsp3) is 0.333. The smallest absolute Gasteiger partial charge is 0.235 e. The summed E-state index contributed by atoms with van der Waals surface area (Å²) < 4.78 is 18.6. The van der Waals surface area contributed by atoms with E-state index in [2.05, 4.69) is 5.32 Å². The summed E-state index contributed by atoms with van der Waals surface area (Å²) in [5, 5.41) is 2.32. The Morgan fingerprint density at radius 2 is 1.86 bits per heavy atom. The molecule has 1 unspecified atom stereocenters. The fourth-order valence-corrected chi connectivity index (χ4v) is 3.23. The summed E-state index contributed by atoms with van der Waals surface area (Å²) in [6, 6.07) is 13.3. The van der Waals surface area contributed by atoms with E-state index < -0.39 is 0 Å². The Hall–Kier alpha value is -2.54. The lowest BCUT2D eigenvalue weighted by Gasteiger charge is -2.21. The summed E-state index contributed by atoms with van der Waals surface area (Å²) in [7, 11) is 1.72. The van der Waals surface area contributed by atoms with Crippen molar-refractivity contribution in [1.29, 1.82) is 0 Å². The number of carbonyl (C=O) groups is 2. The van der Waals surface area contributed by atoms with Gasteiger partial charge in [0.25, 0.3) is 0 Å². The van der Waals surface area contributed by atoms with Crippen molar-refractivity contribution in [3.8, 4) is 5.75 Å². The maximum absolute atomic E-state index is 12.9. The molecule has 150 valence electrons. The number of carbonyl (C=O) groups excluding carboxylic acids is 2. The fourth-order valence-electron chi connectivity index (χ4n) is 2.43. The number of benzene rings is 2. The highest BCUT2D eigenvalue weighted by Gasteiger charge is 2.19. The highest BCUT2D eigenvalue weighted by Crippen LogP contribution is 2.17. The molecule has 0 aliphatic rings. The molecule has 0 bridgehead atoms. The molecule has 2 aromatic rings. The van der Waals surface area contributed by atoms with Gasteiger partial charge in [0.2, 0.25) is 11.8 Å². The molecule has 0 aromatic heterocycles. The first-order valence-corrected chi connectivity index (χ1v) is 10.0. The highest BCUT2D eigenvalue weighted by molar-refractivity contribution is 8.01. The molecule has 1 N–H and O–H groups in total. The molecule has 28 heavy (non-hydrogen) atoms. The number of para-hydroxylation sites is 1. The van der Waals surface area contributed by atoms with Crippen LogP contribution in [0.2, 0.25) is 0 Å². The van der Waals surface area contributed by atoms with E-state index in [1.807, 2.05) is 31.2 Å². The van der Waals surface area contributed by atoms with Crippen molar-refractivity contribution in [3.63, 3.8) is 0 Å². The maximum Gasteiger partial charge on any atom is 0.235 e. The van der Waals surface area contributed by atoms with Crippen LogP contribution in [0.1, 0.15) is 12.5 Å². The number of thioether (sulfide) groups is 1. The number of amides is 2. The molecule has 0 saturated heterocycles. The van der Waals surface area contributed by atoms with Crippen molar-refractivity contribution in [2.45, 2.75) is 19.1 Å². The number of anilines is 1. The van der Waals surface area contributed by atoms with Gasteiger partial charge in [-0.15, -0.1) is 11.8 Å². The second-order valence-corrected chi connectivity index (χ2v) is 7.71. The first-order chi connectivity index (χ1) is 13.4. The van der Waals surface area contributed by atoms with Crippen LogP contribution >= 0.6 is 11.8 Å². The van der Waals surface area contributed by atoms with E-state index in [0.29, 0.717) is 18.8 Å². The molecule has 0 aliphatic heterocycles. The molecule has 0 spiro atoms. The quantitative estimate of drug-likeness (QED) is 0.692. The standard InChI is InChI=1S/C21H25FN2O3S/c1-15-6-4-5-7-19(15)27-13-12-24(3)21(26)16(2)28-14-20(25)23-18-10-8-17(22)9-11-18/h4-11,16H,12-14H2,1-3H3,(H,23,25). The van der Waals surface area contributed by atoms with E-state index in [4.69, 9.17) is 4.74 Å². The van der Waals surface area contributed by atoms with Gasteiger partial charge in [0.1, 0.15) is 18.2 Å². The number of nitrogens with one attached hydrogen (secondary N) is 1. The van der Waals surface area contributed by atoms with Crippen LogP contribution in [0.4, 0.5) is 10.1 Å². The Kier molecular flexibility index (Phi) is 8.32. The van der Waals surface area contributed by atoms with Crippen molar-refractivity contribution in [2.75, 3.05) is 31.3 Å². The molecule has 0 radical (unpaired) electrons. The number of rotatable bonds is 9. The second-order valence-electron chi connectivity index (χ2n) is 6.38. The molecule has 7 heteroatoms. The van der Waals surface area contributed by atoms with Gasteiger partial charge < -0.3 is 15.0 Å². The Morgan fingerprint density at radius 3 is 2.54 bits per heavy atom. The van der Waals surface area contributed by atoms with Crippen molar-refractivity contribution in [3.05, 3.63) is 59.9 Å². The average molecular weight is 405 g/mol. The van der Waals surface area contributed by atoms with Crippen LogP contribution in [0.15, 0.2) is 48.5 Å². The minimum Gasteiger partial charge on any atom is -0.491 e. The lowest BCUT2D eigenvalue weighted by Crippen LogP contribution is -2.36. The topological polar surface area (TPSA) is 58.6 Å². The van der Waals surface area contributed by atoms with Crippen LogP contribution in [-0.4, -0.2) is 47.9 Å². The predicted octanol–water partition coefficient (Wildman–Crippen LogP) is 3.73. The first-order valence-electron chi connectivity index (χ1n) is 8.97. The largest absolute Gasteiger partial charge is 0.491 e. The van der Waals surface area contributed by atoms with Crippen LogP contribution in [-0.2, 0) is 9.59 Å². The van der Waals surface area contributed by atoms with Crippen LogP contribution in [0.3, 0.4) is 0 Å². The van der Waals surface area contributed by atoms with E-state index in [-0.39, 0.29) is 28.6 Å². The van der Waals surface area contributed by atoms with Gasteiger partial charge in [-0.3, -0.25) is 9.59 Å². The lowest BCUT2D eigenvalue weighted by molar-refractivity contribution is -0.129. The third-order valence-electron chi connectivity index (χ3n) is 4.09. The molecular formula is C21H25FN2O3S. The molecule has 2 rings (SSSR count). The van der Waals surface area contributed by atoms with Crippen molar-refractivity contribution < 1.29 is 18.7 Å². The number of hydrogen-bond donors (Lipinski definition) is 1. The summed E-state index contributed by atoms with van der Waals surface area (Å²) in [5.74, 6) is 0.289. The van der Waals surface area contributed by atoms with Gasteiger partial charge in [0, 0.05) is 12.7 Å². The first kappa shape index (κ1) is 21.8. The number of hydrogen-bond acceptors (Lipinski definition) is 4. The van der Waals surface area contributed by atoms with Crippen molar-refractivity contribution in [2.24, 2.45) is 0 Å². The van der Waals surface area contributed by atoms with E-state index in [9.17, 15) is 14.0 Å². The third kappa shape index (κ3) is 6.88. The predicted molar refractivity (Wildman–Crippen MR) is 111 cm³/mol. The molecule has 2 amide bonds. The number of aryl methyl sites for hydroxylation is 1. The summed E-state index contributed by atoms with van der Waals surface area (Å²) in [4.78, 5) is 26.0. The van der Waals surface area contributed by atoms with Crippen LogP contribution in [0.25, 0.3) is 0 Å². The molecule has 0 heterocycles. The zero-order valence-corrected chi connectivity index (χ0v) is 17.1. The van der Waals surface area contributed by atoms with Gasteiger partial charge in [-0.1, -0.05) is 18.2 Å². The highest BCUT2D eigenvalue weighted by atomic mass is 32.2. The van der Waals surface area contributed by atoms with Gasteiger partial charge in [0.15, 0.2) is 0 Å². The van der Waals surface area contributed by atoms with Gasteiger partial charge in [0.05, 0.1) is 17.5 Å². The Bertz CT molecular complexity index is 798. The van der Waals surface area contributed by atoms with Gasteiger partial charge in [-0.2, -0.15) is 0 Å². The van der Waals surface area contributed by atoms with Gasteiger partial charge >= 0.3 is 0 Å².